The first kappa shape index (κ1) is 15.7. The number of hydrogen-bond donors (Lipinski definition) is 1. The maximum absolute atomic E-state index is 12.0. The third-order valence-corrected chi connectivity index (χ3v) is 3.56. The Morgan fingerprint density at radius 1 is 1.38 bits per heavy atom. The molecule has 21 heavy (non-hydrogen) atoms. The normalized spacial score (nSPS) is 14.9. The van der Waals surface area contributed by atoms with Gasteiger partial charge < -0.3 is 15.0 Å². The molecule has 7 nitrogen and oxygen atoms in total. The minimum absolute atomic E-state index is 0.0313. The third-order valence-electron chi connectivity index (χ3n) is 3.01. The van der Waals surface area contributed by atoms with Crippen molar-refractivity contribution in [3.63, 3.8) is 0 Å². The highest BCUT2D eigenvalue weighted by Crippen LogP contribution is 2.10. The molecule has 2 amide bonds. The molecule has 0 atom stereocenters. The van der Waals surface area contributed by atoms with Crippen LogP contribution in [0.25, 0.3) is 0 Å². The molecule has 0 spiro atoms. The van der Waals surface area contributed by atoms with Crippen molar-refractivity contribution < 1.29 is 14.3 Å². The number of ether oxygens (including phenoxy) is 1. The first-order valence-electron chi connectivity index (χ1n) is 6.63. The summed E-state index contributed by atoms with van der Waals surface area (Å²) >= 11 is 1.37. The smallest absolute Gasteiger partial charge is 0.270 e. The second kappa shape index (κ2) is 7.37. The van der Waals surface area contributed by atoms with Crippen molar-refractivity contribution in [2.45, 2.75) is 12.1 Å². The Morgan fingerprint density at radius 2 is 2.10 bits per heavy atom. The van der Waals surface area contributed by atoms with E-state index in [0.717, 1.165) is 5.69 Å². The van der Waals surface area contributed by atoms with Crippen molar-refractivity contribution in [3.05, 3.63) is 17.5 Å². The lowest BCUT2D eigenvalue weighted by Crippen LogP contribution is -2.45. The standard InChI is InChI=1S/C13H18N4O3S/c1-9-7-10(16-13(15-9)21-2)12(19)14-8-11(18)17-3-5-20-6-4-17/h7H,3-6,8H2,1-2H3,(H,14,19). The van der Waals surface area contributed by atoms with Gasteiger partial charge in [0.2, 0.25) is 5.91 Å². The first-order valence-corrected chi connectivity index (χ1v) is 7.86. The molecule has 0 bridgehead atoms. The number of aryl methyl sites for hydroxylation is 1. The van der Waals surface area contributed by atoms with Crippen LogP contribution in [0.5, 0.6) is 0 Å². The summed E-state index contributed by atoms with van der Waals surface area (Å²) in [4.78, 5) is 34.0. The molecule has 114 valence electrons. The van der Waals surface area contributed by atoms with E-state index in [1.807, 2.05) is 6.26 Å². The van der Waals surface area contributed by atoms with Gasteiger partial charge in [-0.05, 0) is 19.2 Å². The van der Waals surface area contributed by atoms with Crippen LogP contribution < -0.4 is 5.32 Å². The number of morpholine rings is 1. The summed E-state index contributed by atoms with van der Waals surface area (Å²) in [5.41, 5.74) is 1.00. The van der Waals surface area contributed by atoms with E-state index in [1.54, 1.807) is 17.9 Å². The molecule has 0 radical (unpaired) electrons. The predicted octanol–water partition coefficient (Wildman–Crippen LogP) is 0.0955. The Balaban J connectivity index is 1.92. The molecule has 1 fully saturated rings. The molecule has 1 N–H and O–H groups in total. The van der Waals surface area contributed by atoms with Gasteiger partial charge in [-0.15, -0.1) is 0 Å². The summed E-state index contributed by atoms with van der Waals surface area (Å²) in [5, 5.41) is 3.15. The summed E-state index contributed by atoms with van der Waals surface area (Å²) in [6.07, 6.45) is 1.85. The van der Waals surface area contributed by atoms with Gasteiger partial charge in [-0.25, -0.2) is 9.97 Å². The maximum atomic E-state index is 12.0. The van der Waals surface area contributed by atoms with Crippen molar-refractivity contribution in [2.75, 3.05) is 39.1 Å². The molecule has 0 saturated carbocycles. The number of carbonyl (C=O) groups is 2. The Morgan fingerprint density at radius 3 is 2.76 bits per heavy atom. The van der Waals surface area contributed by atoms with Crippen molar-refractivity contribution in [1.29, 1.82) is 0 Å². The summed E-state index contributed by atoms with van der Waals surface area (Å²) < 4.78 is 5.18. The van der Waals surface area contributed by atoms with E-state index >= 15 is 0 Å². The molecule has 1 aromatic heterocycles. The quantitative estimate of drug-likeness (QED) is 0.627. The SMILES string of the molecule is CSc1nc(C)cc(C(=O)NCC(=O)N2CCOCC2)n1. The predicted molar refractivity (Wildman–Crippen MR) is 78.3 cm³/mol. The van der Waals surface area contributed by atoms with E-state index in [1.165, 1.54) is 11.8 Å². The fourth-order valence-electron chi connectivity index (χ4n) is 1.92. The molecular weight excluding hydrogens is 292 g/mol. The number of carbonyl (C=O) groups excluding carboxylic acids is 2. The fourth-order valence-corrected chi connectivity index (χ4v) is 2.34. The van der Waals surface area contributed by atoms with Crippen LogP contribution in [0.2, 0.25) is 0 Å². The monoisotopic (exact) mass is 310 g/mol. The third kappa shape index (κ3) is 4.40. The van der Waals surface area contributed by atoms with Gasteiger partial charge in [0.25, 0.3) is 5.91 Å². The van der Waals surface area contributed by atoms with E-state index in [2.05, 4.69) is 15.3 Å². The van der Waals surface area contributed by atoms with E-state index in [9.17, 15) is 9.59 Å². The molecule has 0 aromatic carbocycles. The minimum Gasteiger partial charge on any atom is -0.378 e. The molecule has 0 unspecified atom stereocenters. The number of hydrogen-bond acceptors (Lipinski definition) is 6. The summed E-state index contributed by atoms with van der Waals surface area (Å²) in [6, 6.07) is 1.61. The second-order valence-electron chi connectivity index (χ2n) is 4.56. The van der Waals surface area contributed by atoms with E-state index < -0.39 is 0 Å². The average molecular weight is 310 g/mol. The number of nitrogens with one attached hydrogen (secondary N) is 1. The topological polar surface area (TPSA) is 84.4 Å². The zero-order chi connectivity index (χ0) is 15.2. The highest BCUT2D eigenvalue weighted by Gasteiger charge is 2.18. The van der Waals surface area contributed by atoms with Gasteiger partial charge in [0.15, 0.2) is 5.16 Å². The minimum atomic E-state index is -0.364. The van der Waals surface area contributed by atoms with Crippen molar-refractivity contribution in [1.82, 2.24) is 20.2 Å². The summed E-state index contributed by atoms with van der Waals surface area (Å²) in [7, 11) is 0. The van der Waals surface area contributed by atoms with E-state index in [4.69, 9.17) is 4.74 Å². The number of rotatable bonds is 4. The molecule has 2 rings (SSSR count). The van der Waals surface area contributed by atoms with Crippen LogP contribution in [-0.2, 0) is 9.53 Å². The number of amides is 2. The lowest BCUT2D eigenvalue weighted by molar-refractivity contribution is -0.134. The van der Waals surface area contributed by atoms with Gasteiger partial charge in [0, 0.05) is 18.8 Å². The van der Waals surface area contributed by atoms with Crippen LogP contribution in [-0.4, -0.2) is 65.8 Å². The molecule has 8 heteroatoms. The van der Waals surface area contributed by atoms with Crippen molar-refractivity contribution in [3.8, 4) is 0 Å². The van der Waals surface area contributed by atoms with E-state index in [0.29, 0.717) is 31.5 Å². The van der Waals surface area contributed by atoms with Gasteiger partial charge in [-0.1, -0.05) is 11.8 Å². The highest BCUT2D eigenvalue weighted by atomic mass is 32.2. The largest absolute Gasteiger partial charge is 0.378 e. The number of aromatic nitrogens is 2. The zero-order valence-corrected chi connectivity index (χ0v) is 12.9. The Bertz CT molecular complexity index is 532. The van der Waals surface area contributed by atoms with Gasteiger partial charge in [0.1, 0.15) is 5.69 Å². The van der Waals surface area contributed by atoms with Crippen molar-refractivity contribution >= 4 is 23.6 Å². The fraction of sp³-hybridized carbons (Fsp3) is 0.538. The Hall–Kier alpha value is -1.67. The zero-order valence-electron chi connectivity index (χ0n) is 12.1. The van der Waals surface area contributed by atoms with Crippen molar-refractivity contribution in [2.24, 2.45) is 0 Å². The lowest BCUT2D eigenvalue weighted by atomic mass is 10.3. The molecule has 1 aliphatic heterocycles. The van der Waals surface area contributed by atoms with Gasteiger partial charge in [-0.2, -0.15) is 0 Å². The second-order valence-corrected chi connectivity index (χ2v) is 5.33. The highest BCUT2D eigenvalue weighted by molar-refractivity contribution is 7.98. The molecule has 1 aliphatic rings. The average Bonchev–Trinajstić information content (AvgIpc) is 2.52. The van der Waals surface area contributed by atoms with Crippen LogP contribution in [0.3, 0.4) is 0 Å². The maximum Gasteiger partial charge on any atom is 0.270 e. The number of thioether (sulfide) groups is 1. The van der Waals surface area contributed by atoms with Crippen LogP contribution in [0.1, 0.15) is 16.2 Å². The molecule has 1 saturated heterocycles. The van der Waals surface area contributed by atoms with Gasteiger partial charge in [0.05, 0.1) is 19.8 Å². The summed E-state index contributed by atoms with van der Waals surface area (Å²) in [5.74, 6) is -0.472. The van der Waals surface area contributed by atoms with Gasteiger partial charge in [-0.3, -0.25) is 9.59 Å². The van der Waals surface area contributed by atoms with Crippen LogP contribution in [0, 0.1) is 6.92 Å². The Labute approximate surface area is 127 Å². The molecular formula is C13H18N4O3S. The van der Waals surface area contributed by atoms with Crippen LogP contribution in [0.15, 0.2) is 11.2 Å². The first-order chi connectivity index (χ1) is 10.1. The number of nitrogens with zero attached hydrogens (tertiary/aromatic N) is 3. The van der Waals surface area contributed by atoms with E-state index in [-0.39, 0.29) is 24.1 Å². The summed E-state index contributed by atoms with van der Waals surface area (Å²) in [6.45, 7) is 3.99. The molecule has 1 aromatic rings. The van der Waals surface area contributed by atoms with Gasteiger partial charge >= 0.3 is 0 Å². The Kier molecular flexibility index (Phi) is 5.51. The molecule has 2 heterocycles. The van der Waals surface area contributed by atoms with Crippen LogP contribution in [0.4, 0.5) is 0 Å². The van der Waals surface area contributed by atoms with Crippen LogP contribution >= 0.6 is 11.8 Å². The molecule has 0 aliphatic carbocycles. The lowest BCUT2D eigenvalue weighted by Gasteiger charge is -2.26.